The minimum Gasteiger partial charge on any atom is -0.480 e. The van der Waals surface area contributed by atoms with Crippen LogP contribution in [0.3, 0.4) is 0 Å². The number of hydrogen-bond acceptors (Lipinski definition) is 5. The van der Waals surface area contributed by atoms with Crippen molar-refractivity contribution in [2.24, 2.45) is 0 Å². The monoisotopic (exact) mass is 404 g/mol. The maximum absolute atomic E-state index is 13.5. The van der Waals surface area contributed by atoms with E-state index in [1.807, 2.05) is 6.92 Å². The summed E-state index contributed by atoms with van der Waals surface area (Å²) in [6.07, 6.45) is 0.307. The van der Waals surface area contributed by atoms with E-state index in [1.54, 1.807) is 12.1 Å². The van der Waals surface area contributed by atoms with Crippen molar-refractivity contribution in [1.29, 1.82) is 0 Å². The topological polar surface area (TPSA) is 81.4 Å². The fourth-order valence-electron chi connectivity index (χ4n) is 3.20. The molecule has 28 heavy (non-hydrogen) atoms. The number of methoxy groups -OCH3 is 1. The average molecular weight is 404 g/mol. The SMILES string of the molecule is COCCc1nc2sc(C)c(-c3ccc(F)cc3)c2c(=O)n1C(C)(C)C(=O)O. The van der Waals surface area contributed by atoms with Gasteiger partial charge in [0.05, 0.1) is 12.0 Å². The second-order valence-corrected chi connectivity index (χ2v) is 8.20. The molecule has 1 aromatic carbocycles. The Morgan fingerprint density at radius 2 is 1.96 bits per heavy atom. The van der Waals surface area contributed by atoms with E-state index in [2.05, 4.69) is 4.98 Å². The number of aromatic nitrogens is 2. The van der Waals surface area contributed by atoms with Gasteiger partial charge in [0, 0.05) is 24.0 Å². The first kappa shape index (κ1) is 20.2. The second-order valence-electron chi connectivity index (χ2n) is 7.00. The lowest BCUT2D eigenvalue weighted by atomic mass is 10.0. The van der Waals surface area contributed by atoms with E-state index in [9.17, 15) is 19.1 Å². The molecule has 8 heteroatoms. The van der Waals surface area contributed by atoms with Crippen LogP contribution < -0.4 is 5.56 Å². The lowest BCUT2D eigenvalue weighted by Gasteiger charge is -2.25. The van der Waals surface area contributed by atoms with Crippen LogP contribution in [0.4, 0.5) is 4.39 Å². The third-order valence-corrected chi connectivity index (χ3v) is 5.72. The Morgan fingerprint density at radius 1 is 1.32 bits per heavy atom. The molecule has 0 aliphatic heterocycles. The average Bonchev–Trinajstić information content (AvgIpc) is 2.96. The van der Waals surface area contributed by atoms with Gasteiger partial charge in [-0.1, -0.05) is 12.1 Å². The van der Waals surface area contributed by atoms with Crippen molar-refractivity contribution < 1.29 is 19.0 Å². The number of rotatable bonds is 6. The molecule has 0 saturated heterocycles. The van der Waals surface area contributed by atoms with E-state index in [-0.39, 0.29) is 5.82 Å². The zero-order chi connectivity index (χ0) is 20.6. The van der Waals surface area contributed by atoms with E-state index in [4.69, 9.17) is 4.74 Å². The summed E-state index contributed by atoms with van der Waals surface area (Å²) < 4.78 is 19.7. The van der Waals surface area contributed by atoms with Crippen molar-refractivity contribution in [2.75, 3.05) is 13.7 Å². The number of halogens is 1. The number of nitrogens with zero attached hydrogens (tertiary/aromatic N) is 2. The Labute approximate surface area is 165 Å². The van der Waals surface area contributed by atoms with Gasteiger partial charge in [-0.15, -0.1) is 11.3 Å². The Morgan fingerprint density at radius 3 is 2.54 bits per heavy atom. The first-order chi connectivity index (χ1) is 13.2. The first-order valence-electron chi connectivity index (χ1n) is 8.72. The lowest BCUT2D eigenvalue weighted by Crippen LogP contribution is -2.45. The molecule has 0 amide bonds. The lowest BCUT2D eigenvalue weighted by molar-refractivity contribution is -0.146. The number of carboxylic acid groups (broad SMARTS) is 1. The fourth-order valence-corrected chi connectivity index (χ4v) is 4.26. The Hall–Kier alpha value is -2.58. The third-order valence-electron chi connectivity index (χ3n) is 4.72. The molecule has 6 nitrogen and oxygen atoms in total. The van der Waals surface area contributed by atoms with Crippen molar-refractivity contribution in [3.8, 4) is 11.1 Å². The summed E-state index contributed by atoms with van der Waals surface area (Å²) >= 11 is 1.36. The minimum absolute atomic E-state index is 0.307. The maximum atomic E-state index is 13.5. The predicted octanol–water partition coefficient (Wildman–Crippen LogP) is 3.58. The Kier molecular flexibility index (Phi) is 5.36. The van der Waals surface area contributed by atoms with Gasteiger partial charge in [0.2, 0.25) is 0 Å². The van der Waals surface area contributed by atoms with Gasteiger partial charge in [-0.05, 0) is 38.5 Å². The summed E-state index contributed by atoms with van der Waals surface area (Å²) in [5, 5.41) is 10.1. The number of benzene rings is 1. The molecular formula is C20H21FN2O4S. The quantitative estimate of drug-likeness (QED) is 0.679. The number of carboxylic acids is 1. The summed E-state index contributed by atoms with van der Waals surface area (Å²) in [6, 6.07) is 5.88. The molecule has 0 unspecified atom stereocenters. The molecule has 0 aliphatic rings. The van der Waals surface area contributed by atoms with E-state index >= 15 is 0 Å². The first-order valence-corrected chi connectivity index (χ1v) is 9.54. The predicted molar refractivity (Wildman–Crippen MR) is 107 cm³/mol. The highest BCUT2D eigenvalue weighted by atomic mass is 32.1. The second kappa shape index (κ2) is 7.44. The van der Waals surface area contributed by atoms with E-state index in [1.165, 1.54) is 49.0 Å². The van der Waals surface area contributed by atoms with Gasteiger partial charge >= 0.3 is 5.97 Å². The zero-order valence-corrected chi connectivity index (χ0v) is 16.9. The molecule has 3 aromatic rings. The normalized spacial score (nSPS) is 11.9. The molecule has 0 aliphatic carbocycles. The van der Waals surface area contributed by atoms with Gasteiger partial charge in [-0.2, -0.15) is 0 Å². The van der Waals surface area contributed by atoms with Crippen molar-refractivity contribution in [3.63, 3.8) is 0 Å². The molecule has 2 heterocycles. The Bertz CT molecular complexity index is 1100. The molecule has 148 valence electrons. The van der Waals surface area contributed by atoms with Crippen LogP contribution in [0.5, 0.6) is 0 Å². The van der Waals surface area contributed by atoms with Gasteiger partial charge in [0.1, 0.15) is 22.0 Å². The van der Waals surface area contributed by atoms with E-state index in [0.29, 0.717) is 40.2 Å². The molecule has 0 spiro atoms. The smallest absolute Gasteiger partial charge is 0.329 e. The van der Waals surface area contributed by atoms with Gasteiger partial charge in [-0.25, -0.2) is 14.2 Å². The van der Waals surface area contributed by atoms with Gasteiger partial charge in [0.25, 0.3) is 5.56 Å². The molecular weight excluding hydrogens is 383 g/mol. The maximum Gasteiger partial charge on any atom is 0.329 e. The summed E-state index contributed by atoms with van der Waals surface area (Å²) in [5.41, 5.74) is -0.566. The summed E-state index contributed by atoms with van der Waals surface area (Å²) in [6.45, 7) is 5.11. The van der Waals surface area contributed by atoms with Crippen molar-refractivity contribution >= 4 is 27.5 Å². The van der Waals surface area contributed by atoms with Crippen molar-refractivity contribution in [3.05, 3.63) is 51.1 Å². The van der Waals surface area contributed by atoms with Gasteiger partial charge in [0.15, 0.2) is 0 Å². The number of thiophene rings is 1. The fraction of sp³-hybridized carbons (Fsp3) is 0.350. The van der Waals surface area contributed by atoms with Crippen molar-refractivity contribution in [1.82, 2.24) is 9.55 Å². The van der Waals surface area contributed by atoms with Crippen LogP contribution in [0.2, 0.25) is 0 Å². The number of aliphatic carboxylic acids is 1. The van der Waals surface area contributed by atoms with Crippen LogP contribution in [-0.4, -0.2) is 34.3 Å². The summed E-state index contributed by atoms with van der Waals surface area (Å²) in [5.74, 6) is -1.14. The number of aryl methyl sites for hydroxylation is 1. The molecule has 0 fully saturated rings. The summed E-state index contributed by atoms with van der Waals surface area (Å²) in [4.78, 5) is 31.4. The molecule has 1 N–H and O–H groups in total. The molecule has 0 saturated carbocycles. The van der Waals surface area contributed by atoms with E-state index in [0.717, 1.165) is 4.88 Å². The molecule has 0 bridgehead atoms. The highest BCUT2D eigenvalue weighted by Crippen LogP contribution is 2.36. The number of ether oxygens (including phenoxy) is 1. The number of carbonyl (C=O) groups is 1. The highest BCUT2D eigenvalue weighted by Gasteiger charge is 2.34. The molecule has 0 atom stereocenters. The van der Waals surface area contributed by atoms with Crippen LogP contribution in [0.1, 0.15) is 24.5 Å². The Balaban J connectivity index is 2.38. The van der Waals surface area contributed by atoms with Crippen LogP contribution >= 0.6 is 11.3 Å². The number of fused-ring (bicyclic) bond motifs is 1. The van der Waals surface area contributed by atoms with Gasteiger partial charge in [-0.3, -0.25) is 9.36 Å². The molecule has 2 aromatic heterocycles. The standard InChI is InChI=1S/C20H21FN2O4S/c1-11-15(12-5-7-13(21)8-6-12)16-17(28-11)22-14(9-10-27-4)23(18(16)24)20(2,3)19(25)26/h5-8H,9-10H2,1-4H3,(H,25,26). The molecule has 0 radical (unpaired) electrons. The van der Waals surface area contributed by atoms with Crippen LogP contribution in [0.15, 0.2) is 29.1 Å². The van der Waals surface area contributed by atoms with Crippen LogP contribution in [0, 0.1) is 12.7 Å². The summed E-state index contributed by atoms with van der Waals surface area (Å²) in [7, 11) is 1.53. The van der Waals surface area contributed by atoms with Crippen molar-refractivity contribution in [2.45, 2.75) is 32.7 Å². The van der Waals surface area contributed by atoms with E-state index < -0.39 is 17.1 Å². The number of hydrogen-bond donors (Lipinski definition) is 1. The minimum atomic E-state index is -1.49. The molecule has 3 rings (SSSR count). The highest BCUT2D eigenvalue weighted by molar-refractivity contribution is 7.19. The van der Waals surface area contributed by atoms with Crippen LogP contribution in [-0.2, 0) is 21.5 Å². The third kappa shape index (κ3) is 3.33. The largest absolute Gasteiger partial charge is 0.480 e. The van der Waals surface area contributed by atoms with Crippen LogP contribution in [0.25, 0.3) is 21.3 Å². The zero-order valence-electron chi connectivity index (χ0n) is 16.1. The van der Waals surface area contributed by atoms with Gasteiger partial charge < -0.3 is 9.84 Å².